The molecule has 1 saturated heterocycles. The molecule has 1 fully saturated rings. The van der Waals surface area contributed by atoms with Gasteiger partial charge < -0.3 is 4.74 Å². The van der Waals surface area contributed by atoms with Crippen molar-refractivity contribution in [3.63, 3.8) is 0 Å². The molecule has 0 aliphatic carbocycles. The molecular weight excluding hydrogens is 246 g/mol. The van der Waals surface area contributed by atoms with Gasteiger partial charge in [-0.05, 0) is 30.4 Å². The maximum Gasteiger partial charge on any atom is 0.0881 e. The van der Waals surface area contributed by atoms with Gasteiger partial charge in [0.05, 0.1) is 12.3 Å². The fraction of sp³-hybridized carbons (Fsp3) is 0.538. The van der Waals surface area contributed by atoms with Gasteiger partial charge in [0.15, 0.2) is 0 Å². The van der Waals surface area contributed by atoms with E-state index in [1.807, 2.05) is 16.0 Å². The smallest absolute Gasteiger partial charge is 0.0881 e. The van der Waals surface area contributed by atoms with E-state index < -0.39 is 0 Å². The molecule has 2 aromatic rings. The zero-order chi connectivity index (χ0) is 12.4. The molecule has 0 unspecified atom stereocenters. The molecule has 2 aromatic heterocycles. The van der Waals surface area contributed by atoms with Gasteiger partial charge >= 0.3 is 0 Å². The van der Waals surface area contributed by atoms with Gasteiger partial charge in [0.2, 0.25) is 0 Å². The SMILES string of the molecule is Cc1ccsc1CCn1cc([C@@H]2CCOC2)nn1. The van der Waals surface area contributed by atoms with E-state index in [1.54, 1.807) is 0 Å². The summed E-state index contributed by atoms with van der Waals surface area (Å²) in [5.41, 5.74) is 2.46. The molecule has 18 heavy (non-hydrogen) atoms. The maximum absolute atomic E-state index is 5.38. The second-order valence-electron chi connectivity index (χ2n) is 4.74. The monoisotopic (exact) mass is 263 g/mol. The predicted molar refractivity (Wildman–Crippen MR) is 71.0 cm³/mol. The highest BCUT2D eigenvalue weighted by Crippen LogP contribution is 2.23. The molecule has 0 bridgehead atoms. The summed E-state index contributed by atoms with van der Waals surface area (Å²) in [7, 11) is 0. The highest BCUT2D eigenvalue weighted by atomic mass is 32.1. The Balaban J connectivity index is 1.61. The van der Waals surface area contributed by atoms with Crippen LogP contribution in [0.25, 0.3) is 0 Å². The van der Waals surface area contributed by atoms with Gasteiger partial charge in [0.25, 0.3) is 0 Å². The molecule has 0 N–H and O–H groups in total. The van der Waals surface area contributed by atoms with E-state index in [4.69, 9.17) is 4.74 Å². The van der Waals surface area contributed by atoms with Gasteiger partial charge in [-0.2, -0.15) is 0 Å². The Labute approximate surface area is 111 Å². The molecule has 3 heterocycles. The molecule has 5 heteroatoms. The highest BCUT2D eigenvalue weighted by Gasteiger charge is 2.20. The molecule has 4 nitrogen and oxygen atoms in total. The first-order chi connectivity index (χ1) is 8.83. The van der Waals surface area contributed by atoms with Gasteiger partial charge in [-0.25, -0.2) is 0 Å². The summed E-state index contributed by atoms with van der Waals surface area (Å²) < 4.78 is 7.33. The van der Waals surface area contributed by atoms with Crippen LogP contribution in [0, 0.1) is 6.92 Å². The Bertz CT molecular complexity index is 514. The molecule has 3 rings (SSSR count). The first kappa shape index (κ1) is 11.9. The number of rotatable bonds is 4. The number of nitrogens with zero attached hydrogens (tertiary/aromatic N) is 3. The largest absolute Gasteiger partial charge is 0.381 e. The van der Waals surface area contributed by atoms with E-state index in [9.17, 15) is 0 Å². The minimum absolute atomic E-state index is 0.447. The summed E-state index contributed by atoms with van der Waals surface area (Å²) in [4.78, 5) is 1.44. The van der Waals surface area contributed by atoms with Crippen LogP contribution < -0.4 is 0 Å². The third-order valence-electron chi connectivity index (χ3n) is 3.44. The van der Waals surface area contributed by atoms with Crippen LogP contribution >= 0.6 is 11.3 Å². The lowest BCUT2D eigenvalue weighted by molar-refractivity contribution is 0.193. The maximum atomic E-state index is 5.38. The van der Waals surface area contributed by atoms with E-state index >= 15 is 0 Å². The van der Waals surface area contributed by atoms with Gasteiger partial charge in [-0.1, -0.05) is 5.21 Å². The van der Waals surface area contributed by atoms with Gasteiger partial charge in [0, 0.05) is 36.6 Å². The van der Waals surface area contributed by atoms with Crippen LogP contribution in [0.2, 0.25) is 0 Å². The molecule has 0 spiro atoms. The van der Waals surface area contributed by atoms with Crippen molar-refractivity contribution in [1.29, 1.82) is 0 Å². The Morgan fingerprint density at radius 3 is 3.22 bits per heavy atom. The third kappa shape index (κ3) is 2.47. The molecule has 0 aromatic carbocycles. The molecule has 1 aliphatic heterocycles. The number of aryl methyl sites for hydroxylation is 3. The van der Waals surface area contributed by atoms with Crippen molar-refractivity contribution < 1.29 is 4.74 Å². The van der Waals surface area contributed by atoms with Crippen molar-refractivity contribution >= 4 is 11.3 Å². The lowest BCUT2D eigenvalue weighted by Gasteiger charge is -2.01. The lowest BCUT2D eigenvalue weighted by atomic mass is 10.1. The predicted octanol–water partition coefficient (Wildman–Crippen LogP) is 2.39. The van der Waals surface area contributed by atoms with Crippen LogP contribution in [-0.2, 0) is 17.7 Å². The number of hydrogen-bond acceptors (Lipinski definition) is 4. The van der Waals surface area contributed by atoms with Crippen molar-refractivity contribution in [3.8, 4) is 0 Å². The molecule has 96 valence electrons. The Hall–Kier alpha value is -1.20. The summed E-state index contributed by atoms with van der Waals surface area (Å²) in [6.45, 7) is 4.71. The molecule has 0 radical (unpaired) electrons. The van der Waals surface area contributed by atoms with Crippen molar-refractivity contribution in [1.82, 2.24) is 15.0 Å². The quantitative estimate of drug-likeness (QED) is 0.850. The zero-order valence-corrected chi connectivity index (χ0v) is 11.3. The van der Waals surface area contributed by atoms with Crippen LogP contribution in [0.15, 0.2) is 17.6 Å². The Morgan fingerprint density at radius 2 is 2.50 bits per heavy atom. The summed E-state index contributed by atoms with van der Waals surface area (Å²) in [6, 6.07) is 2.17. The summed E-state index contributed by atoms with van der Waals surface area (Å²) in [5.74, 6) is 0.447. The van der Waals surface area contributed by atoms with Crippen molar-refractivity contribution in [2.24, 2.45) is 0 Å². The van der Waals surface area contributed by atoms with Crippen molar-refractivity contribution in [2.45, 2.75) is 32.2 Å². The van der Waals surface area contributed by atoms with Crippen LogP contribution in [0.3, 0.4) is 0 Å². The average molecular weight is 263 g/mol. The summed E-state index contributed by atoms with van der Waals surface area (Å²) in [6.07, 6.45) is 4.18. The van der Waals surface area contributed by atoms with Crippen LogP contribution in [0.5, 0.6) is 0 Å². The summed E-state index contributed by atoms with van der Waals surface area (Å²) >= 11 is 1.82. The van der Waals surface area contributed by atoms with Crippen molar-refractivity contribution in [2.75, 3.05) is 13.2 Å². The normalized spacial score (nSPS) is 19.5. The highest BCUT2D eigenvalue weighted by molar-refractivity contribution is 7.10. The number of thiophene rings is 1. The average Bonchev–Trinajstić information content (AvgIpc) is 3.08. The topological polar surface area (TPSA) is 39.9 Å². The molecular formula is C13H17N3OS. The van der Waals surface area contributed by atoms with Gasteiger partial charge in [-0.15, -0.1) is 16.4 Å². The molecule has 0 saturated carbocycles. The number of ether oxygens (including phenoxy) is 1. The fourth-order valence-electron chi connectivity index (χ4n) is 2.25. The van der Waals surface area contributed by atoms with Gasteiger partial charge in [0.1, 0.15) is 0 Å². The zero-order valence-electron chi connectivity index (χ0n) is 10.5. The first-order valence-corrected chi connectivity index (χ1v) is 7.21. The number of aromatic nitrogens is 3. The minimum atomic E-state index is 0.447. The lowest BCUT2D eigenvalue weighted by Crippen LogP contribution is -2.02. The second kappa shape index (κ2) is 5.20. The van der Waals surface area contributed by atoms with Crippen LogP contribution in [0.4, 0.5) is 0 Å². The van der Waals surface area contributed by atoms with E-state index in [0.29, 0.717) is 5.92 Å². The van der Waals surface area contributed by atoms with E-state index in [1.165, 1.54) is 10.4 Å². The summed E-state index contributed by atoms with van der Waals surface area (Å²) in [5, 5.41) is 10.6. The second-order valence-corrected chi connectivity index (χ2v) is 5.74. The third-order valence-corrected chi connectivity index (χ3v) is 4.52. The Kier molecular flexibility index (Phi) is 3.43. The number of hydrogen-bond donors (Lipinski definition) is 0. The van der Waals surface area contributed by atoms with Crippen molar-refractivity contribution in [3.05, 3.63) is 33.8 Å². The molecule has 1 aliphatic rings. The minimum Gasteiger partial charge on any atom is -0.381 e. The first-order valence-electron chi connectivity index (χ1n) is 6.33. The van der Waals surface area contributed by atoms with Crippen LogP contribution in [0.1, 0.15) is 28.5 Å². The molecule has 1 atom stereocenters. The van der Waals surface area contributed by atoms with E-state index in [0.717, 1.165) is 38.3 Å². The Morgan fingerprint density at radius 1 is 1.56 bits per heavy atom. The van der Waals surface area contributed by atoms with Gasteiger partial charge in [-0.3, -0.25) is 4.68 Å². The van der Waals surface area contributed by atoms with E-state index in [-0.39, 0.29) is 0 Å². The van der Waals surface area contributed by atoms with Crippen LogP contribution in [-0.4, -0.2) is 28.2 Å². The van der Waals surface area contributed by atoms with E-state index in [2.05, 4.69) is 34.9 Å². The standard InChI is InChI=1S/C13H17N3OS/c1-10-4-7-18-13(10)2-5-16-8-12(14-15-16)11-3-6-17-9-11/h4,7-8,11H,2-3,5-6,9H2,1H3/t11-/m1/s1. The molecule has 0 amide bonds. The fourth-order valence-corrected chi connectivity index (χ4v) is 3.15.